The Hall–Kier alpha value is -2.55. The molecule has 3 aliphatic rings. The molecule has 0 radical (unpaired) electrons. The van der Waals surface area contributed by atoms with E-state index in [0.29, 0.717) is 6.61 Å². The van der Waals surface area contributed by atoms with Crippen molar-refractivity contribution < 1.29 is 9.47 Å². The van der Waals surface area contributed by atoms with Gasteiger partial charge in [-0.3, -0.25) is 0 Å². The SMILES string of the molecule is CC1(C)COC(c2cccc(C3=CC4(CCCC4)Oc4ccccc43)c2)=N1. The molecule has 0 unspecified atom stereocenters. The van der Waals surface area contributed by atoms with E-state index in [4.69, 9.17) is 14.5 Å². The number of para-hydroxylation sites is 1. The third-order valence-corrected chi connectivity index (χ3v) is 5.73. The van der Waals surface area contributed by atoms with Gasteiger partial charge in [0.25, 0.3) is 0 Å². The molecule has 27 heavy (non-hydrogen) atoms. The molecule has 3 heteroatoms. The quantitative estimate of drug-likeness (QED) is 0.721. The Balaban J connectivity index is 1.61. The zero-order chi connectivity index (χ0) is 18.5. The van der Waals surface area contributed by atoms with Gasteiger partial charge in [-0.05, 0) is 74.9 Å². The van der Waals surface area contributed by atoms with E-state index in [0.717, 1.165) is 30.1 Å². The van der Waals surface area contributed by atoms with Crippen molar-refractivity contribution in [1.29, 1.82) is 0 Å². The van der Waals surface area contributed by atoms with Gasteiger partial charge >= 0.3 is 0 Å². The van der Waals surface area contributed by atoms with Crippen molar-refractivity contribution in [3.8, 4) is 5.75 Å². The summed E-state index contributed by atoms with van der Waals surface area (Å²) in [5, 5.41) is 0. The van der Waals surface area contributed by atoms with E-state index in [9.17, 15) is 0 Å². The Morgan fingerprint density at radius 2 is 1.70 bits per heavy atom. The number of ether oxygens (including phenoxy) is 2. The fourth-order valence-electron chi connectivity index (χ4n) is 4.38. The van der Waals surface area contributed by atoms with Gasteiger partial charge in [-0.1, -0.05) is 30.3 Å². The van der Waals surface area contributed by atoms with Gasteiger partial charge < -0.3 is 9.47 Å². The van der Waals surface area contributed by atoms with Crippen molar-refractivity contribution in [2.75, 3.05) is 6.61 Å². The van der Waals surface area contributed by atoms with Crippen LogP contribution in [-0.4, -0.2) is 23.6 Å². The van der Waals surface area contributed by atoms with Gasteiger partial charge in [0.1, 0.15) is 18.0 Å². The lowest BCUT2D eigenvalue weighted by atomic mass is 9.87. The van der Waals surface area contributed by atoms with Gasteiger partial charge in [0, 0.05) is 11.1 Å². The molecule has 3 nitrogen and oxygen atoms in total. The molecule has 2 aliphatic heterocycles. The lowest BCUT2D eigenvalue weighted by molar-refractivity contribution is 0.124. The van der Waals surface area contributed by atoms with Crippen molar-refractivity contribution >= 4 is 11.5 Å². The Morgan fingerprint density at radius 1 is 0.926 bits per heavy atom. The minimum atomic E-state index is -0.150. The molecule has 0 amide bonds. The van der Waals surface area contributed by atoms with Crippen LogP contribution in [0, 0.1) is 0 Å². The molecule has 0 N–H and O–H groups in total. The van der Waals surface area contributed by atoms with Gasteiger partial charge in [0.15, 0.2) is 0 Å². The van der Waals surface area contributed by atoms with Crippen LogP contribution >= 0.6 is 0 Å². The molecule has 1 saturated carbocycles. The first kappa shape index (κ1) is 16.6. The van der Waals surface area contributed by atoms with E-state index in [2.05, 4.69) is 68.5 Å². The molecule has 1 spiro atoms. The van der Waals surface area contributed by atoms with Crippen LogP contribution in [0.4, 0.5) is 0 Å². The lowest BCUT2D eigenvalue weighted by Gasteiger charge is -2.34. The summed E-state index contributed by atoms with van der Waals surface area (Å²) in [4.78, 5) is 4.74. The van der Waals surface area contributed by atoms with Crippen molar-refractivity contribution in [2.45, 2.75) is 50.7 Å². The fraction of sp³-hybridized carbons (Fsp3) is 0.375. The largest absolute Gasteiger partial charge is 0.483 e. The highest BCUT2D eigenvalue weighted by Gasteiger charge is 2.38. The molecular weight excluding hydrogens is 334 g/mol. The van der Waals surface area contributed by atoms with Gasteiger partial charge in [-0.2, -0.15) is 0 Å². The average molecular weight is 359 g/mol. The fourth-order valence-corrected chi connectivity index (χ4v) is 4.38. The normalized spacial score (nSPS) is 21.9. The smallest absolute Gasteiger partial charge is 0.216 e. The van der Waals surface area contributed by atoms with Crippen molar-refractivity contribution in [3.63, 3.8) is 0 Å². The lowest BCUT2D eigenvalue weighted by Crippen LogP contribution is -2.33. The van der Waals surface area contributed by atoms with Crippen molar-refractivity contribution in [2.24, 2.45) is 4.99 Å². The Bertz CT molecular complexity index is 948. The number of hydrogen-bond donors (Lipinski definition) is 0. The van der Waals surface area contributed by atoms with Crippen LogP contribution in [0.2, 0.25) is 0 Å². The minimum absolute atomic E-state index is 0.149. The van der Waals surface area contributed by atoms with E-state index in [1.165, 1.54) is 29.5 Å². The summed E-state index contributed by atoms with van der Waals surface area (Å²) in [6, 6.07) is 17.0. The molecular formula is C24H25NO2. The molecule has 138 valence electrons. The highest BCUT2D eigenvalue weighted by molar-refractivity contribution is 5.97. The first-order chi connectivity index (χ1) is 13.0. The van der Waals surface area contributed by atoms with E-state index in [1.807, 2.05) is 0 Å². The van der Waals surface area contributed by atoms with Crippen LogP contribution in [0.5, 0.6) is 5.75 Å². The van der Waals surface area contributed by atoms with Crippen LogP contribution in [-0.2, 0) is 4.74 Å². The van der Waals surface area contributed by atoms with Crippen LogP contribution in [0.15, 0.2) is 59.6 Å². The van der Waals surface area contributed by atoms with Crippen LogP contribution in [0.25, 0.3) is 5.57 Å². The number of nitrogens with zero attached hydrogens (tertiary/aromatic N) is 1. The zero-order valence-electron chi connectivity index (χ0n) is 16.0. The molecule has 0 bridgehead atoms. The third-order valence-electron chi connectivity index (χ3n) is 5.73. The predicted octanol–water partition coefficient (Wildman–Crippen LogP) is 5.38. The summed E-state index contributed by atoms with van der Waals surface area (Å²) >= 11 is 0. The Morgan fingerprint density at radius 3 is 2.48 bits per heavy atom. The van der Waals surface area contributed by atoms with Crippen molar-refractivity contribution in [3.05, 3.63) is 71.3 Å². The standard InChI is InChI=1S/C24H25NO2/c1-23(2)16-26-22(25-23)18-9-7-8-17(14-18)20-15-24(12-5-6-13-24)27-21-11-4-3-10-19(20)21/h3-4,7-11,14-15H,5-6,12-13,16H2,1-2H3. The maximum absolute atomic E-state index is 6.46. The molecule has 0 atom stereocenters. The molecule has 5 rings (SSSR count). The molecule has 2 heterocycles. The average Bonchev–Trinajstić information content (AvgIpc) is 3.27. The monoisotopic (exact) mass is 359 g/mol. The number of fused-ring (bicyclic) bond motifs is 1. The molecule has 2 aromatic rings. The van der Waals surface area contributed by atoms with Gasteiger partial charge in [-0.15, -0.1) is 0 Å². The third kappa shape index (κ3) is 2.95. The van der Waals surface area contributed by atoms with Gasteiger partial charge in [-0.25, -0.2) is 4.99 Å². The molecule has 0 saturated heterocycles. The summed E-state index contributed by atoms with van der Waals surface area (Å²) in [6.45, 7) is 4.84. The number of benzene rings is 2. The first-order valence-corrected chi connectivity index (χ1v) is 9.88. The molecule has 1 fully saturated rings. The summed E-state index contributed by atoms with van der Waals surface area (Å²) in [5.41, 5.74) is 4.38. The zero-order valence-corrected chi connectivity index (χ0v) is 16.0. The van der Waals surface area contributed by atoms with Crippen LogP contribution < -0.4 is 4.74 Å². The maximum atomic E-state index is 6.46. The van der Waals surface area contributed by atoms with Crippen LogP contribution in [0.3, 0.4) is 0 Å². The maximum Gasteiger partial charge on any atom is 0.216 e. The minimum Gasteiger partial charge on any atom is -0.483 e. The Labute approximate surface area is 160 Å². The number of aliphatic imine (C=N–C) groups is 1. The van der Waals surface area contributed by atoms with Crippen molar-refractivity contribution in [1.82, 2.24) is 0 Å². The highest BCUT2D eigenvalue weighted by atomic mass is 16.5. The Kier molecular flexibility index (Phi) is 3.68. The highest BCUT2D eigenvalue weighted by Crippen LogP contribution is 2.45. The summed E-state index contributed by atoms with van der Waals surface area (Å²) in [5.74, 6) is 1.75. The second-order valence-corrected chi connectivity index (χ2v) is 8.53. The topological polar surface area (TPSA) is 30.8 Å². The van der Waals surface area contributed by atoms with E-state index in [1.54, 1.807) is 0 Å². The molecule has 0 aromatic heterocycles. The van der Waals surface area contributed by atoms with Gasteiger partial charge in [0.05, 0.1) is 5.54 Å². The summed E-state index contributed by atoms with van der Waals surface area (Å²) < 4.78 is 12.3. The first-order valence-electron chi connectivity index (χ1n) is 9.88. The molecule has 1 aliphatic carbocycles. The summed E-state index contributed by atoms with van der Waals surface area (Å²) in [7, 11) is 0. The van der Waals surface area contributed by atoms with Crippen LogP contribution in [0.1, 0.15) is 56.2 Å². The number of hydrogen-bond acceptors (Lipinski definition) is 3. The second kappa shape index (κ2) is 5.98. The van der Waals surface area contributed by atoms with E-state index in [-0.39, 0.29) is 11.1 Å². The summed E-state index contributed by atoms with van der Waals surface area (Å²) in [6.07, 6.45) is 7.00. The second-order valence-electron chi connectivity index (χ2n) is 8.53. The molecule has 2 aromatic carbocycles. The number of rotatable bonds is 2. The van der Waals surface area contributed by atoms with E-state index >= 15 is 0 Å². The van der Waals surface area contributed by atoms with Gasteiger partial charge in [0.2, 0.25) is 5.90 Å². The predicted molar refractivity (Wildman–Crippen MR) is 108 cm³/mol. The van der Waals surface area contributed by atoms with E-state index < -0.39 is 0 Å².